The van der Waals surface area contributed by atoms with Crippen LogP contribution in [0.5, 0.6) is 11.5 Å². The molecule has 14 heavy (non-hydrogen) atoms. The molecule has 0 aliphatic rings. The normalized spacial score (nSPS) is 10.0. The first-order valence-corrected chi connectivity index (χ1v) is 6.02. The summed E-state index contributed by atoms with van der Waals surface area (Å²) in [7, 11) is 0. The van der Waals surface area contributed by atoms with Gasteiger partial charge in [-0.2, -0.15) is 0 Å². The van der Waals surface area contributed by atoms with Crippen molar-refractivity contribution in [2.45, 2.75) is 13.8 Å². The highest BCUT2D eigenvalue weighted by molar-refractivity contribution is 9.13. The van der Waals surface area contributed by atoms with Crippen LogP contribution in [0.1, 0.15) is 13.8 Å². The molecule has 1 aromatic carbocycles. The Bertz CT molecular complexity index is 282. The number of halogens is 2. The molecule has 0 aliphatic heterocycles. The lowest BCUT2D eigenvalue weighted by atomic mass is 10.3. The van der Waals surface area contributed by atoms with Crippen LogP contribution in [0.4, 0.5) is 0 Å². The largest absolute Gasteiger partial charge is 0.490 e. The van der Waals surface area contributed by atoms with Crippen molar-refractivity contribution in [3.63, 3.8) is 0 Å². The Hall–Kier alpha value is -0.220. The van der Waals surface area contributed by atoms with Crippen molar-refractivity contribution in [2.24, 2.45) is 0 Å². The predicted molar refractivity (Wildman–Crippen MR) is 64.2 cm³/mol. The molecular formula is C10H12Br2O2. The molecule has 0 amide bonds. The number of hydrogen-bond acceptors (Lipinski definition) is 2. The summed E-state index contributed by atoms with van der Waals surface area (Å²) >= 11 is 6.84. The quantitative estimate of drug-likeness (QED) is 0.833. The van der Waals surface area contributed by atoms with Gasteiger partial charge >= 0.3 is 0 Å². The van der Waals surface area contributed by atoms with E-state index in [1.54, 1.807) is 0 Å². The van der Waals surface area contributed by atoms with Crippen molar-refractivity contribution in [1.82, 2.24) is 0 Å². The highest BCUT2D eigenvalue weighted by atomic mass is 79.9. The molecule has 0 bridgehead atoms. The third kappa shape index (κ3) is 2.89. The lowest BCUT2D eigenvalue weighted by molar-refractivity contribution is 0.287. The molecule has 0 saturated heterocycles. The zero-order chi connectivity index (χ0) is 10.6. The van der Waals surface area contributed by atoms with E-state index < -0.39 is 0 Å². The zero-order valence-corrected chi connectivity index (χ0v) is 11.3. The number of benzene rings is 1. The SMILES string of the molecule is CCOc1cc(Br)c(Br)cc1OCC. The lowest BCUT2D eigenvalue weighted by Gasteiger charge is -2.11. The zero-order valence-electron chi connectivity index (χ0n) is 8.14. The first-order chi connectivity index (χ1) is 6.69. The molecule has 0 unspecified atom stereocenters. The molecule has 4 heteroatoms. The highest BCUT2D eigenvalue weighted by Gasteiger charge is 2.08. The van der Waals surface area contributed by atoms with Crippen molar-refractivity contribution in [3.8, 4) is 11.5 Å². The lowest BCUT2D eigenvalue weighted by Crippen LogP contribution is -1.98. The monoisotopic (exact) mass is 322 g/mol. The molecule has 78 valence electrons. The fraction of sp³-hybridized carbons (Fsp3) is 0.400. The van der Waals surface area contributed by atoms with Gasteiger partial charge in [0.15, 0.2) is 11.5 Å². The number of rotatable bonds is 4. The Labute approximate surface area is 101 Å². The van der Waals surface area contributed by atoms with E-state index in [2.05, 4.69) is 31.9 Å². The fourth-order valence-corrected chi connectivity index (χ4v) is 1.69. The van der Waals surface area contributed by atoms with E-state index in [0.717, 1.165) is 20.4 Å². The summed E-state index contributed by atoms with van der Waals surface area (Å²) < 4.78 is 12.8. The Balaban J connectivity index is 3.03. The van der Waals surface area contributed by atoms with Crippen LogP contribution in [0.2, 0.25) is 0 Å². The van der Waals surface area contributed by atoms with E-state index in [9.17, 15) is 0 Å². The van der Waals surface area contributed by atoms with Gasteiger partial charge in [0, 0.05) is 8.95 Å². The minimum Gasteiger partial charge on any atom is -0.490 e. The predicted octanol–water partition coefficient (Wildman–Crippen LogP) is 4.01. The molecule has 0 fully saturated rings. The topological polar surface area (TPSA) is 18.5 Å². The molecule has 0 saturated carbocycles. The van der Waals surface area contributed by atoms with Crippen LogP contribution in [0.15, 0.2) is 21.1 Å². The van der Waals surface area contributed by atoms with Gasteiger partial charge in [0.05, 0.1) is 13.2 Å². The summed E-state index contributed by atoms with van der Waals surface area (Å²) in [5.74, 6) is 1.54. The fourth-order valence-electron chi connectivity index (χ4n) is 1.05. The van der Waals surface area contributed by atoms with Gasteiger partial charge in [-0.25, -0.2) is 0 Å². The Kier molecular flexibility index (Phi) is 4.75. The van der Waals surface area contributed by atoms with E-state index in [4.69, 9.17) is 9.47 Å². The molecule has 0 aromatic heterocycles. The molecule has 0 N–H and O–H groups in total. The second kappa shape index (κ2) is 5.61. The maximum atomic E-state index is 5.45. The average molecular weight is 324 g/mol. The first kappa shape index (κ1) is 11.9. The van der Waals surface area contributed by atoms with E-state index in [-0.39, 0.29) is 0 Å². The van der Waals surface area contributed by atoms with Gasteiger partial charge in [-0.15, -0.1) is 0 Å². The molecule has 0 spiro atoms. The third-order valence-corrected chi connectivity index (χ3v) is 3.43. The van der Waals surface area contributed by atoms with Crippen LogP contribution in [0, 0.1) is 0 Å². The summed E-state index contributed by atoms with van der Waals surface area (Å²) in [4.78, 5) is 0. The molecular weight excluding hydrogens is 312 g/mol. The molecule has 0 radical (unpaired) electrons. The minimum atomic E-state index is 0.633. The van der Waals surface area contributed by atoms with Gasteiger partial charge in [-0.1, -0.05) is 0 Å². The van der Waals surface area contributed by atoms with Crippen molar-refractivity contribution >= 4 is 31.9 Å². The molecule has 0 aliphatic carbocycles. The molecule has 1 aromatic rings. The van der Waals surface area contributed by atoms with Crippen molar-refractivity contribution in [1.29, 1.82) is 0 Å². The standard InChI is InChI=1S/C10H12Br2O2/c1-3-13-9-5-7(11)8(12)6-10(9)14-4-2/h5-6H,3-4H2,1-2H3. The Morgan fingerprint density at radius 3 is 1.57 bits per heavy atom. The number of hydrogen-bond donors (Lipinski definition) is 0. The van der Waals surface area contributed by atoms with Crippen LogP contribution in [-0.2, 0) is 0 Å². The van der Waals surface area contributed by atoms with Crippen molar-refractivity contribution < 1.29 is 9.47 Å². The van der Waals surface area contributed by atoms with Crippen LogP contribution in [0.25, 0.3) is 0 Å². The summed E-state index contributed by atoms with van der Waals surface area (Å²) in [6.45, 7) is 5.17. The summed E-state index contributed by atoms with van der Waals surface area (Å²) in [5, 5.41) is 0. The van der Waals surface area contributed by atoms with Crippen LogP contribution in [-0.4, -0.2) is 13.2 Å². The Morgan fingerprint density at radius 1 is 0.929 bits per heavy atom. The van der Waals surface area contributed by atoms with E-state index in [1.807, 2.05) is 26.0 Å². The van der Waals surface area contributed by atoms with Gasteiger partial charge in [-0.3, -0.25) is 0 Å². The minimum absolute atomic E-state index is 0.633. The third-order valence-electron chi connectivity index (χ3n) is 1.59. The summed E-state index contributed by atoms with van der Waals surface area (Å²) in [6, 6.07) is 3.80. The van der Waals surface area contributed by atoms with Crippen LogP contribution >= 0.6 is 31.9 Å². The van der Waals surface area contributed by atoms with Gasteiger partial charge in [-0.05, 0) is 57.8 Å². The van der Waals surface area contributed by atoms with E-state index in [1.165, 1.54) is 0 Å². The second-order valence-electron chi connectivity index (χ2n) is 2.58. The van der Waals surface area contributed by atoms with E-state index in [0.29, 0.717) is 13.2 Å². The molecule has 0 atom stereocenters. The second-order valence-corrected chi connectivity index (χ2v) is 4.29. The van der Waals surface area contributed by atoms with Gasteiger partial charge in [0.1, 0.15) is 0 Å². The molecule has 2 nitrogen and oxygen atoms in total. The van der Waals surface area contributed by atoms with Crippen LogP contribution in [0.3, 0.4) is 0 Å². The average Bonchev–Trinajstić information content (AvgIpc) is 2.14. The highest BCUT2D eigenvalue weighted by Crippen LogP contribution is 2.36. The first-order valence-electron chi connectivity index (χ1n) is 4.43. The molecule has 1 rings (SSSR count). The van der Waals surface area contributed by atoms with Crippen LogP contribution < -0.4 is 9.47 Å². The van der Waals surface area contributed by atoms with Gasteiger partial charge < -0.3 is 9.47 Å². The van der Waals surface area contributed by atoms with Gasteiger partial charge in [0.2, 0.25) is 0 Å². The van der Waals surface area contributed by atoms with Gasteiger partial charge in [0.25, 0.3) is 0 Å². The maximum absolute atomic E-state index is 5.45. The molecule has 0 heterocycles. The van der Waals surface area contributed by atoms with Crippen molar-refractivity contribution in [2.75, 3.05) is 13.2 Å². The summed E-state index contributed by atoms with van der Waals surface area (Å²) in [5.41, 5.74) is 0. The van der Waals surface area contributed by atoms with Crippen molar-refractivity contribution in [3.05, 3.63) is 21.1 Å². The smallest absolute Gasteiger partial charge is 0.162 e. The summed E-state index contributed by atoms with van der Waals surface area (Å²) in [6.07, 6.45) is 0. The maximum Gasteiger partial charge on any atom is 0.162 e. The number of ether oxygens (including phenoxy) is 2. The van der Waals surface area contributed by atoms with E-state index >= 15 is 0 Å². The Morgan fingerprint density at radius 2 is 1.29 bits per heavy atom.